The Hall–Kier alpha value is -9.70. The molecule has 1 aliphatic carbocycles. The lowest BCUT2D eigenvalue weighted by atomic mass is 9.67. The van der Waals surface area contributed by atoms with Crippen LogP contribution in [0.1, 0.15) is 63.8 Å². The molecule has 2 heterocycles. The summed E-state index contributed by atoms with van der Waals surface area (Å²) in [6.45, 7) is 12.5. The van der Waals surface area contributed by atoms with Crippen molar-refractivity contribution in [3.63, 3.8) is 0 Å². The molecule has 0 N–H and O–H groups in total. The lowest BCUT2D eigenvalue weighted by Crippen LogP contribution is -2.29. The Balaban J connectivity index is 1.01. The zero-order valence-electron chi connectivity index (χ0n) is 50.6. The SMILES string of the molecule is CC(C)(C)Oc1ccc(-n2c3ccccc3c3cc(C4(c5ccc6c(c5)c5ccccc5n6-c5ccc(OC(C)(C)C)cc5)c5cc(OP(c6ccccc6)c6ccccc6)ccc5-c5ccc(OP(c6ccccc6)c6ccccc6)cc54)ccc32)cc1. The van der Waals surface area contributed by atoms with Crippen LogP contribution < -0.4 is 39.7 Å². The molecule has 0 spiro atoms. The smallest absolute Gasteiger partial charge is 0.150 e. The zero-order chi connectivity index (χ0) is 60.4. The third-order valence-corrected chi connectivity index (χ3v) is 20.5. The first-order valence-corrected chi connectivity index (χ1v) is 33.0. The van der Waals surface area contributed by atoms with E-state index < -0.39 is 21.7 Å². The second-order valence-corrected chi connectivity index (χ2v) is 28.5. The second kappa shape index (κ2) is 22.5. The number of ether oxygens (including phenoxy) is 2. The number of rotatable bonds is 14. The van der Waals surface area contributed by atoms with Gasteiger partial charge in [-0.25, -0.2) is 0 Å². The Kier molecular flexibility index (Phi) is 14.1. The maximum Gasteiger partial charge on any atom is 0.150 e. The average molecular weight is 1190 g/mol. The molecule has 15 rings (SSSR count). The average Bonchev–Trinajstić information content (AvgIpc) is 1.56. The van der Waals surface area contributed by atoms with Crippen molar-refractivity contribution in [2.24, 2.45) is 0 Å². The summed E-state index contributed by atoms with van der Waals surface area (Å²) in [6, 6.07) is 105. The molecule has 0 fully saturated rings. The normalized spacial score (nSPS) is 12.9. The van der Waals surface area contributed by atoms with Crippen LogP contribution in [0.15, 0.2) is 291 Å². The van der Waals surface area contributed by atoms with Gasteiger partial charge in [-0.15, -0.1) is 0 Å². The van der Waals surface area contributed by atoms with E-state index in [4.69, 9.17) is 18.5 Å². The minimum Gasteiger partial charge on any atom is -0.488 e. The van der Waals surface area contributed by atoms with Gasteiger partial charge in [0, 0.05) is 54.1 Å². The van der Waals surface area contributed by atoms with Crippen molar-refractivity contribution >= 4 is 81.1 Å². The Morgan fingerprint density at radius 1 is 0.292 bits per heavy atom. The molecular weight excluding hydrogens is 1130 g/mol. The van der Waals surface area contributed by atoms with Gasteiger partial charge in [0.15, 0.2) is 16.3 Å². The molecule has 8 heteroatoms. The maximum absolute atomic E-state index is 7.50. The van der Waals surface area contributed by atoms with Gasteiger partial charge in [-0.3, -0.25) is 0 Å². The molecule has 0 amide bonds. The van der Waals surface area contributed by atoms with Crippen LogP contribution in [0.5, 0.6) is 23.0 Å². The number of hydrogen-bond donors (Lipinski definition) is 0. The fourth-order valence-electron chi connectivity index (χ4n) is 13.2. The van der Waals surface area contributed by atoms with Gasteiger partial charge in [0.25, 0.3) is 0 Å². The van der Waals surface area contributed by atoms with Crippen LogP contribution in [0.3, 0.4) is 0 Å². The van der Waals surface area contributed by atoms with Gasteiger partial charge < -0.3 is 27.7 Å². The molecule has 0 unspecified atom stereocenters. The van der Waals surface area contributed by atoms with E-state index in [-0.39, 0.29) is 11.2 Å². The Morgan fingerprint density at radius 3 is 0.955 bits per heavy atom. The maximum atomic E-state index is 7.50. The molecule has 0 saturated heterocycles. The van der Waals surface area contributed by atoms with Crippen LogP contribution in [-0.4, -0.2) is 20.3 Å². The third kappa shape index (κ3) is 10.3. The minimum absolute atomic E-state index is 0.327. The first kappa shape index (κ1) is 55.9. The summed E-state index contributed by atoms with van der Waals surface area (Å²) >= 11 is 0. The molecule has 0 saturated carbocycles. The van der Waals surface area contributed by atoms with Crippen LogP contribution in [0.2, 0.25) is 0 Å². The number of benzene rings is 12. The highest BCUT2D eigenvalue weighted by molar-refractivity contribution is 7.69. The summed E-state index contributed by atoms with van der Waals surface area (Å²) in [5.74, 6) is 3.25. The van der Waals surface area contributed by atoms with Gasteiger partial charge >= 0.3 is 0 Å². The quantitative estimate of drug-likeness (QED) is 0.102. The first-order chi connectivity index (χ1) is 43.3. The van der Waals surface area contributed by atoms with Crippen LogP contribution in [0.25, 0.3) is 66.1 Å². The highest BCUT2D eigenvalue weighted by Crippen LogP contribution is 2.60. The number of hydrogen-bond acceptors (Lipinski definition) is 4. The molecular formula is C81H66N2O4P2. The van der Waals surface area contributed by atoms with Crippen molar-refractivity contribution in [2.75, 3.05) is 0 Å². The van der Waals surface area contributed by atoms with Crippen molar-refractivity contribution in [1.29, 1.82) is 0 Å². The number of aromatic nitrogens is 2. The second-order valence-electron chi connectivity index (χ2n) is 24.9. The van der Waals surface area contributed by atoms with E-state index in [0.717, 1.165) is 133 Å². The molecule has 6 nitrogen and oxygen atoms in total. The zero-order valence-corrected chi connectivity index (χ0v) is 52.4. The summed E-state index contributed by atoms with van der Waals surface area (Å²) < 4.78 is 32.5. The molecule has 434 valence electrons. The van der Waals surface area contributed by atoms with E-state index in [1.165, 1.54) is 0 Å². The third-order valence-electron chi connectivity index (χ3n) is 16.7. The van der Waals surface area contributed by atoms with Crippen LogP contribution >= 0.6 is 16.3 Å². The topological polar surface area (TPSA) is 46.8 Å². The predicted molar refractivity (Wildman–Crippen MR) is 373 cm³/mol. The summed E-state index contributed by atoms with van der Waals surface area (Å²) in [5, 5.41) is 9.15. The van der Waals surface area contributed by atoms with E-state index in [1.54, 1.807) is 0 Å². The van der Waals surface area contributed by atoms with Gasteiger partial charge in [-0.2, -0.15) is 0 Å². The van der Waals surface area contributed by atoms with Gasteiger partial charge in [-0.1, -0.05) is 182 Å². The van der Waals surface area contributed by atoms with Gasteiger partial charge in [0.1, 0.15) is 34.2 Å². The fourth-order valence-corrected chi connectivity index (χ4v) is 16.6. The summed E-state index contributed by atoms with van der Waals surface area (Å²) in [4.78, 5) is 0. The first-order valence-electron chi connectivity index (χ1n) is 30.5. The minimum atomic E-state index is -1.27. The lowest BCUT2D eigenvalue weighted by Gasteiger charge is -2.35. The van der Waals surface area contributed by atoms with E-state index in [2.05, 4.69) is 342 Å². The van der Waals surface area contributed by atoms with Crippen molar-refractivity contribution in [1.82, 2.24) is 9.13 Å². The number of para-hydroxylation sites is 2. The van der Waals surface area contributed by atoms with Crippen LogP contribution in [-0.2, 0) is 5.41 Å². The van der Waals surface area contributed by atoms with E-state index in [1.807, 2.05) is 0 Å². The van der Waals surface area contributed by atoms with Crippen molar-refractivity contribution < 1.29 is 18.5 Å². The van der Waals surface area contributed by atoms with Gasteiger partial charge in [0.05, 0.1) is 27.5 Å². The highest BCUT2D eigenvalue weighted by atomic mass is 31.1. The monoisotopic (exact) mass is 1190 g/mol. The summed E-state index contributed by atoms with van der Waals surface area (Å²) in [5.41, 5.74) is 11.7. The van der Waals surface area contributed by atoms with E-state index >= 15 is 0 Å². The molecule has 14 aromatic rings. The number of nitrogens with zero attached hydrogens (tertiary/aromatic N) is 2. The van der Waals surface area contributed by atoms with Crippen molar-refractivity contribution in [2.45, 2.75) is 58.2 Å². The van der Waals surface area contributed by atoms with Gasteiger partial charge in [0.2, 0.25) is 0 Å². The lowest BCUT2D eigenvalue weighted by molar-refractivity contribution is 0.130. The molecule has 12 aromatic carbocycles. The summed E-state index contributed by atoms with van der Waals surface area (Å²) in [6.07, 6.45) is 0. The van der Waals surface area contributed by atoms with E-state index in [9.17, 15) is 0 Å². The van der Waals surface area contributed by atoms with Crippen LogP contribution in [0, 0.1) is 0 Å². The molecule has 2 aromatic heterocycles. The molecule has 0 radical (unpaired) electrons. The standard InChI is InChI=1S/C81H66N2O4P2/c1-79(2,3)84-59-41-37-57(38-42-59)82-75-33-21-19-31-69(75)71-51-55(35-49-77(71)82)81(56-36-50-78-72(52-56)70-32-20-22-34-76(70)83(78)58-39-43-60(44-40-58)85-80(4,5)6)73-53-61(86-88(63-23-11-7-12-24-63)64-25-13-8-14-26-64)45-47-67(73)68-48-46-62(54-74(68)81)87-89(65-27-15-9-16-28-65)66-29-17-10-18-30-66/h7-54H,1-6H3. The van der Waals surface area contributed by atoms with E-state index in [0.29, 0.717) is 0 Å². The Morgan fingerprint density at radius 2 is 0.607 bits per heavy atom. The number of fused-ring (bicyclic) bond motifs is 9. The van der Waals surface area contributed by atoms with Gasteiger partial charge in [-0.05, 0) is 184 Å². The molecule has 89 heavy (non-hydrogen) atoms. The fraction of sp³-hybridized carbons (Fsp3) is 0.111. The van der Waals surface area contributed by atoms with Crippen LogP contribution in [0.4, 0.5) is 0 Å². The van der Waals surface area contributed by atoms with Crippen molar-refractivity contribution in [3.8, 4) is 45.5 Å². The molecule has 0 aliphatic heterocycles. The summed E-state index contributed by atoms with van der Waals surface area (Å²) in [7, 11) is -2.55. The highest BCUT2D eigenvalue weighted by Gasteiger charge is 2.48. The molecule has 1 aliphatic rings. The molecule has 0 atom stereocenters. The predicted octanol–water partition coefficient (Wildman–Crippen LogP) is 19.5. The largest absolute Gasteiger partial charge is 0.488 e. The van der Waals surface area contributed by atoms with Crippen molar-refractivity contribution in [3.05, 3.63) is 313 Å². The Bertz CT molecular complexity index is 4520. The Labute approximate surface area is 522 Å². The molecule has 0 bridgehead atoms.